The van der Waals surface area contributed by atoms with E-state index >= 15 is 0 Å². The van der Waals surface area contributed by atoms with Crippen LogP contribution in [0.1, 0.15) is 17.9 Å². The number of hydrogen-bond acceptors (Lipinski definition) is 2. The van der Waals surface area contributed by atoms with Crippen LogP contribution < -0.4 is 10.6 Å². The lowest BCUT2D eigenvalue weighted by Crippen LogP contribution is -2.39. The van der Waals surface area contributed by atoms with Crippen molar-refractivity contribution in [3.8, 4) is 0 Å². The number of aliphatic imine (C=N–C) groups is 1. The maximum Gasteiger partial charge on any atom is 0.191 e. The van der Waals surface area contributed by atoms with Crippen LogP contribution in [0.3, 0.4) is 0 Å². The molecule has 1 saturated carbocycles. The highest BCUT2D eigenvalue weighted by atomic mass is 16.5. The molecule has 1 aromatic rings. The molecule has 0 aromatic heterocycles. The maximum absolute atomic E-state index is 5.00. The molecular formula is C15H23N3O. The molecule has 0 spiro atoms. The Kier molecular flexibility index (Phi) is 5.21. The molecule has 0 saturated heterocycles. The summed E-state index contributed by atoms with van der Waals surface area (Å²) in [6, 6.07) is 10.7. The van der Waals surface area contributed by atoms with Crippen molar-refractivity contribution < 1.29 is 4.74 Å². The Hall–Kier alpha value is -1.55. The number of benzene rings is 1. The second kappa shape index (κ2) is 7.14. The van der Waals surface area contributed by atoms with Gasteiger partial charge in [-0.2, -0.15) is 0 Å². The summed E-state index contributed by atoms with van der Waals surface area (Å²) < 4.78 is 5.00. The molecule has 1 aliphatic carbocycles. The summed E-state index contributed by atoms with van der Waals surface area (Å²) >= 11 is 0. The van der Waals surface area contributed by atoms with Gasteiger partial charge < -0.3 is 15.4 Å². The van der Waals surface area contributed by atoms with Crippen LogP contribution in [0.4, 0.5) is 0 Å². The SMILES string of the molecule is CN=C(NCCOC)NCC1CC1c1ccccc1. The van der Waals surface area contributed by atoms with E-state index in [1.807, 2.05) is 0 Å². The quantitative estimate of drug-likeness (QED) is 0.464. The summed E-state index contributed by atoms with van der Waals surface area (Å²) in [5.74, 6) is 2.30. The lowest BCUT2D eigenvalue weighted by atomic mass is 10.1. The smallest absolute Gasteiger partial charge is 0.191 e. The van der Waals surface area contributed by atoms with Crippen LogP contribution in [0.25, 0.3) is 0 Å². The standard InChI is InChI=1S/C15H23N3O/c1-16-15(17-8-9-19-2)18-11-13-10-14(13)12-6-4-3-5-7-12/h3-7,13-14H,8-11H2,1-2H3,(H2,16,17,18). The molecule has 0 radical (unpaired) electrons. The summed E-state index contributed by atoms with van der Waals surface area (Å²) in [5.41, 5.74) is 1.46. The first-order chi connectivity index (χ1) is 9.35. The summed E-state index contributed by atoms with van der Waals surface area (Å²) in [7, 11) is 3.50. The molecule has 0 heterocycles. The van der Waals surface area contributed by atoms with Gasteiger partial charge in [0.25, 0.3) is 0 Å². The maximum atomic E-state index is 5.00. The van der Waals surface area contributed by atoms with Crippen molar-refractivity contribution in [3.63, 3.8) is 0 Å². The molecule has 0 bridgehead atoms. The van der Waals surface area contributed by atoms with Crippen molar-refractivity contribution in [3.05, 3.63) is 35.9 Å². The molecule has 2 N–H and O–H groups in total. The largest absolute Gasteiger partial charge is 0.383 e. The first-order valence-corrected chi connectivity index (χ1v) is 6.83. The van der Waals surface area contributed by atoms with E-state index in [0.717, 1.165) is 25.0 Å². The molecule has 2 unspecified atom stereocenters. The van der Waals surface area contributed by atoms with E-state index in [1.54, 1.807) is 14.2 Å². The fourth-order valence-corrected chi connectivity index (χ4v) is 2.30. The molecule has 19 heavy (non-hydrogen) atoms. The number of nitrogens with zero attached hydrogens (tertiary/aromatic N) is 1. The molecule has 4 nitrogen and oxygen atoms in total. The van der Waals surface area contributed by atoms with Gasteiger partial charge in [-0.05, 0) is 23.8 Å². The molecule has 2 rings (SSSR count). The van der Waals surface area contributed by atoms with Crippen LogP contribution in [0, 0.1) is 5.92 Å². The fourth-order valence-electron chi connectivity index (χ4n) is 2.30. The second-order valence-electron chi connectivity index (χ2n) is 4.89. The lowest BCUT2D eigenvalue weighted by molar-refractivity contribution is 0.203. The zero-order valence-corrected chi connectivity index (χ0v) is 11.7. The minimum atomic E-state index is 0.691. The van der Waals surface area contributed by atoms with Gasteiger partial charge in [-0.25, -0.2) is 0 Å². The monoisotopic (exact) mass is 261 g/mol. The Morgan fingerprint density at radius 3 is 2.79 bits per heavy atom. The minimum Gasteiger partial charge on any atom is -0.383 e. The Bertz CT molecular complexity index is 405. The molecule has 1 aliphatic rings. The van der Waals surface area contributed by atoms with Crippen LogP contribution in [0.15, 0.2) is 35.3 Å². The predicted molar refractivity (Wildman–Crippen MR) is 78.5 cm³/mol. The van der Waals surface area contributed by atoms with Crippen LogP contribution in [0.2, 0.25) is 0 Å². The van der Waals surface area contributed by atoms with Gasteiger partial charge >= 0.3 is 0 Å². The number of methoxy groups -OCH3 is 1. The normalized spacial score (nSPS) is 22.1. The highest BCUT2D eigenvalue weighted by molar-refractivity contribution is 5.79. The number of guanidine groups is 1. The third kappa shape index (κ3) is 4.24. The summed E-state index contributed by atoms with van der Waals surface area (Å²) in [6.45, 7) is 2.45. The third-order valence-electron chi connectivity index (χ3n) is 3.50. The van der Waals surface area contributed by atoms with Gasteiger partial charge in [-0.3, -0.25) is 4.99 Å². The van der Waals surface area contributed by atoms with E-state index < -0.39 is 0 Å². The topological polar surface area (TPSA) is 45.7 Å². The highest BCUT2D eigenvalue weighted by Crippen LogP contribution is 2.46. The lowest BCUT2D eigenvalue weighted by Gasteiger charge is -2.11. The molecule has 0 aliphatic heterocycles. The zero-order valence-electron chi connectivity index (χ0n) is 11.7. The number of hydrogen-bond donors (Lipinski definition) is 2. The van der Waals surface area contributed by atoms with Crippen molar-refractivity contribution in [1.82, 2.24) is 10.6 Å². The average Bonchev–Trinajstić information content (AvgIpc) is 3.23. The predicted octanol–water partition coefficient (Wildman–Crippen LogP) is 1.60. The molecule has 2 atom stereocenters. The van der Waals surface area contributed by atoms with Crippen molar-refractivity contribution in [2.45, 2.75) is 12.3 Å². The molecule has 4 heteroatoms. The molecular weight excluding hydrogens is 238 g/mol. The highest BCUT2D eigenvalue weighted by Gasteiger charge is 2.37. The van der Waals surface area contributed by atoms with E-state index in [9.17, 15) is 0 Å². The Morgan fingerprint density at radius 2 is 2.11 bits per heavy atom. The van der Waals surface area contributed by atoms with Crippen LogP contribution >= 0.6 is 0 Å². The van der Waals surface area contributed by atoms with Crippen LogP contribution in [-0.4, -0.2) is 39.8 Å². The fraction of sp³-hybridized carbons (Fsp3) is 0.533. The Balaban J connectivity index is 1.69. The summed E-state index contributed by atoms with van der Waals surface area (Å²) in [4.78, 5) is 4.20. The molecule has 1 fully saturated rings. The number of ether oxygens (including phenoxy) is 1. The van der Waals surface area contributed by atoms with Gasteiger partial charge in [0.15, 0.2) is 5.96 Å². The van der Waals surface area contributed by atoms with Crippen molar-refractivity contribution >= 4 is 5.96 Å². The zero-order chi connectivity index (χ0) is 13.5. The van der Waals surface area contributed by atoms with Crippen LogP contribution in [-0.2, 0) is 4.74 Å². The number of nitrogens with one attached hydrogen (secondary N) is 2. The first-order valence-electron chi connectivity index (χ1n) is 6.83. The van der Waals surface area contributed by atoms with Crippen molar-refractivity contribution in [1.29, 1.82) is 0 Å². The van der Waals surface area contributed by atoms with Gasteiger partial charge in [0.05, 0.1) is 6.61 Å². The number of rotatable bonds is 6. The molecule has 0 amide bonds. The van der Waals surface area contributed by atoms with Gasteiger partial charge in [-0.1, -0.05) is 30.3 Å². The van der Waals surface area contributed by atoms with Gasteiger partial charge in [0, 0.05) is 27.2 Å². The van der Waals surface area contributed by atoms with E-state index in [4.69, 9.17) is 4.74 Å². The Morgan fingerprint density at radius 1 is 1.32 bits per heavy atom. The van der Waals surface area contributed by atoms with E-state index in [2.05, 4.69) is 46.0 Å². The third-order valence-corrected chi connectivity index (χ3v) is 3.50. The average molecular weight is 261 g/mol. The summed E-state index contributed by atoms with van der Waals surface area (Å²) in [6.07, 6.45) is 1.27. The molecule has 104 valence electrons. The summed E-state index contributed by atoms with van der Waals surface area (Å²) in [5, 5.41) is 6.60. The second-order valence-corrected chi connectivity index (χ2v) is 4.89. The Labute approximate surface area is 115 Å². The van der Waals surface area contributed by atoms with E-state index in [-0.39, 0.29) is 0 Å². The van der Waals surface area contributed by atoms with Crippen molar-refractivity contribution in [2.75, 3.05) is 33.9 Å². The minimum absolute atomic E-state index is 0.691. The van der Waals surface area contributed by atoms with Crippen LogP contribution in [0.5, 0.6) is 0 Å². The van der Waals surface area contributed by atoms with Crippen molar-refractivity contribution in [2.24, 2.45) is 10.9 Å². The van der Waals surface area contributed by atoms with Gasteiger partial charge in [0.2, 0.25) is 0 Å². The van der Waals surface area contributed by atoms with E-state index in [1.165, 1.54) is 12.0 Å². The van der Waals surface area contributed by atoms with Gasteiger partial charge in [0.1, 0.15) is 0 Å². The van der Waals surface area contributed by atoms with E-state index in [0.29, 0.717) is 12.5 Å². The first kappa shape index (κ1) is 13.9. The molecule has 1 aromatic carbocycles. The van der Waals surface area contributed by atoms with Gasteiger partial charge in [-0.15, -0.1) is 0 Å².